The van der Waals surface area contributed by atoms with Crippen molar-refractivity contribution < 1.29 is 9.53 Å². The molecule has 8 heteroatoms. The second-order valence-electron chi connectivity index (χ2n) is 5.36. The minimum Gasteiger partial charge on any atom is -0.464 e. The molecule has 122 valence electrons. The molecule has 0 spiro atoms. The number of halogens is 1. The van der Waals surface area contributed by atoms with Crippen LogP contribution in [0.2, 0.25) is 5.02 Å². The first kappa shape index (κ1) is 15.8. The predicted molar refractivity (Wildman–Crippen MR) is 86.6 cm³/mol. The fourth-order valence-electron chi connectivity index (χ4n) is 2.59. The number of ether oxygens (including phenoxy) is 1. The Morgan fingerprint density at radius 3 is 2.78 bits per heavy atom. The van der Waals surface area contributed by atoms with Gasteiger partial charge < -0.3 is 9.64 Å². The number of benzene rings is 1. The highest BCUT2D eigenvalue weighted by Gasteiger charge is 2.18. The van der Waals surface area contributed by atoms with E-state index in [0.29, 0.717) is 6.67 Å². The quantitative estimate of drug-likeness (QED) is 0.789. The summed E-state index contributed by atoms with van der Waals surface area (Å²) in [5.74, 6) is -0.470. The first-order valence-electron chi connectivity index (χ1n) is 7.37. The molecule has 1 aliphatic heterocycles. The van der Waals surface area contributed by atoms with Crippen molar-refractivity contribution in [2.24, 2.45) is 0 Å². The van der Waals surface area contributed by atoms with Gasteiger partial charge in [-0.25, -0.2) is 9.48 Å². The molecule has 3 rings (SSSR count). The van der Waals surface area contributed by atoms with Gasteiger partial charge in [0, 0.05) is 36.9 Å². The van der Waals surface area contributed by atoms with Gasteiger partial charge in [-0.3, -0.25) is 4.90 Å². The number of hydrogen-bond acceptors (Lipinski definition) is 6. The van der Waals surface area contributed by atoms with Crippen molar-refractivity contribution in [1.82, 2.24) is 19.9 Å². The van der Waals surface area contributed by atoms with Crippen LogP contribution < -0.4 is 4.90 Å². The van der Waals surface area contributed by atoms with Gasteiger partial charge in [0.25, 0.3) is 0 Å². The number of carbonyl (C=O) groups is 1. The molecule has 23 heavy (non-hydrogen) atoms. The second-order valence-corrected chi connectivity index (χ2v) is 5.80. The Hall–Kier alpha value is -2.12. The van der Waals surface area contributed by atoms with Crippen LogP contribution in [0.25, 0.3) is 0 Å². The van der Waals surface area contributed by atoms with E-state index in [-0.39, 0.29) is 5.69 Å². The highest BCUT2D eigenvalue weighted by Crippen LogP contribution is 2.20. The lowest BCUT2D eigenvalue weighted by Gasteiger charge is -2.35. The van der Waals surface area contributed by atoms with Crippen molar-refractivity contribution in [3.63, 3.8) is 0 Å². The van der Waals surface area contributed by atoms with Gasteiger partial charge in [-0.15, -0.1) is 5.10 Å². The fraction of sp³-hybridized carbons (Fsp3) is 0.400. The summed E-state index contributed by atoms with van der Waals surface area (Å²) in [6, 6.07) is 7.90. The SMILES string of the molecule is COC(=O)c1cn(CN2CCN(c3cccc(Cl)c3)CC2)nn1. The van der Waals surface area contributed by atoms with Crippen molar-refractivity contribution in [1.29, 1.82) is 0 Å². The standard InChI is InChI=1S/C15H18ClN5O2/c1-23-15(22)14-10-21(18-17-14)11-19-5-7-20(8-6-19)13-4-2-3-12(16)9-13/h2-4,9-10H,5-8,11H2,1H3. The van der Waals surface area contributed by atoms with E-state index in [2.05, 4.69) is 30.9 Å². The zero-order valence-electron chi connectivity index (χ0n) is 12.9. The van der Waals surface area contributed by atoms with Gasteiger partial charge in [0.1, 0.15) is 0 Å². The molecule has 2 aromatic rings. The molecule has 0 saturated carbocycles. The van der Waals surface area contributed by atoms with E-state index >= 15 is 0 Å². The minimum atomic E-state index is -0.470. The molecule has 0 radical (unpaired) electrons. The molecule has 0 unspecified atom stereocenters. The highest BCUT2D eigenvalue weighted by molar-refractivity contribution is 6.30. The summed E-state index contributed by atoms with van der Waals surface area (Å²) < 4.78 is 6.28. The number of anilines is 1. The molecule has 1 saturated heterocycles. The Bertz CT molecular complexity index is 682. The summed E-state index contributed by atoms with van der Waals surface area (Å²) >= 11 is 6.05. The first-order valence-corrected chi connectivity index (χ1v) is 7.75. The third-order valence-corrected chi connectivity index (χ3v) is 4.06. The topological polar surface area (TPSA) is 63.5 Å². The van der Waals surface area contributed by atoms with E-state index in [1.165, 1.54) is 7.11 Å². The lowest BCUT2D eigenvalue weighted by molar-refractivity contribution is 0.0594. The Balaban J connectivity index is 1.55. The van der Waals surface area contributed by atoms with E-state index < -0.39 is 5.97 Å². The van der Waals surface area contributed by atoms with Gasteiger partial charge in [-0.05, 0) is 18.2 Å². The summed E-state index contributed by atoms with van der Waals surface area (Å²) in [4.78, 5) is 15.9. The molecule has 1 aromatic heterocycles. The molecular weight excluding hydrogens is 318 g/mol. The smallest absolute Gasteiger partial charge is 0.360 e. The van der Waals surface area contributed by atoms with Crippen LogP contribution >= 0.6 is 11.6 Å². The molecule has 2 heterocycles. The Morgan fingerprint density at radius 1 is 1.30 bits per heavy atom. The monoisotopic (exact) mass is 335 g/mol. The number of rotatable bonds is 4. The molecule has 7 nitrogen and oxygen atoms in total. The van der Waals surface area contributed by atoms with Crippen LogP contribution in [0.1, 0.15) is 10.5 Å². The number of hydrogen-bond donors (Lipinski definition) is 0. The van der Waals surface area contributed by atoms with Gasteiger partial charge in [-0.2, -0.15) is 0 Å². The maximum Gasteiger partial charge on any atom is 0.360 e. The van der Waals surface area contributed by atoms with Crippen LogP contribution in [0, 0.1) is 0 Å². The van der Waals surface area contributed by atoms with E-state index in [1.807, 2.05) is 18.2 Å². The summed E-state index contributed by atoms with van der Waals surface area (Å²) in [5.41, 5.74) is 1.37. The van der Waals surface area contributed by atoms with Crippen LogP contribution in [0.15, 0.2) is 30.5 Å². The normalized spacial score (nSPS) is 15.7. The molecule has 0 amide bonds. The van der Waals surface area contributed by atoms with Crippen molar-refractivity contribution >= 4 is 23.3 Å². The molecule has 0 N–H and O–H groups in total. The number of piperazine rings is 1. The number of carbonyl (C=O) groups excluding carboxylic acids is 1. The third-order valence-electron chi connectivity index (χ3n) is 3.82. The van der Waals surface area contributed by atoms with Crippen LogP contribution in [0.5, 0.6) is 0 Å². The Labute approximate surface area is 139 Å². The Kier molecular flexibility index (Phi) is 4.78. The maximum absolute atomic E-state index is 11.4. The lowest BCUT2D eigenvalue weighted by Crippen LogP contribution is -2.46. The fourth-order valence-corrected chi connectivity index (χ4v) is 2.78. The zero-order chi connectivity index (χ0) is 16.2. The van der Waals surface area contributed by atoms with Gasteiger partial charge in [0.15, 0.2) is 5.69 Å². The van der Waals surface area contributed by atoms with E-state index in [0.717, 1.165) is 36.9 Å². The van der Waals surface area contributed by atoms with Gasteiger partial charge in [-0.1, -0.05) is 22.9 Å². The minimum absolute atomic E-state index is 0.227. The number of aromatic nitrogens is 3. The van der Waals surface area contributed by atoms with Crippen molar-refractivity contribution in [2.75, 3.05) is 38.2 Å². The van der Waals surface area contributed by atoms with E-state index in [1.54, 1.807) is 10.9 Å². The summed E-state index contributed by atoms with van der Waals surface area (Å²) in [6.07, 6.45) is 1.61. The molecule has 0 bridgehead atoms. The van der Waals surface area contributed by atoms with Crippen LogP contribution in [0.4, 0.5) is 5.69 Å². The van der Waals surface area contributed by atoms with Crippen LogP contribution in [-0.4, -0.2) is 59.2 Å². The van der Waals surface area contributed by atoms with Gasteiger partial charge >= 0.3 is 5.97 Å². The van der Waals surface area contributed by atoms with E-state index in [9.17, 15) is 4.79 Å². The van der Waals surface area contributed by atoms with Crippen molar-refractivity contribution in [3.05, 3.63) is 41.2 Å². The third kappa shape index (κ3) is 3.80. The van der Waals surface area contributed by atoms with E-state index in [4.69, 9.17) is 11.6 Å². The highest BCUT2D eigenvalue weighted by atomic mass is 35.5. The summed E-state index contributed by atoms with van der Waals surface area (Å²) in [6.45, 7) is 4.24. The molecule has 1 fully saturated rings. The molecule has 0 aliphatic carbocycles. The number of nitrogens with zero attached hydrogens (tertiary/aromatic N) is 5. The molecule has 1 aromatic carbocycles. The zero-order valence-corrected chi connectivity index (χ0v) is 13.6. The largest absolute Gasteiger partial charge is 0.464 e. The average Bonchev–Trinajstić information content (AvgIpc) is 3.03. The van der Waals surface area contributed by atoms with Crippen molar-refractivity contribution in [2.45, 2.75) is 6.67 Å². The maximum atomic E-state index is 11.4. The van der Waals surface area contributed by atoms with Crippen LogP contribution in [0.3, 0.4) is 0 Å². The first-order chi connectivity index (χ1) is 11.2. The van der Waals surface area contributed by atoms with Crippen LogP contribution in [-0.2, 0) is 11.4 Å². The van der Waals surface area contributed by atoms with Crippen molar-refractivity contribution in [3.8, 4) is 0 Å². The summed E-state index contributed by atoms with van der Waals surface area (Å²) in [7, 11) is 1.33. The lowest BCUT2D eigenvalue weighted by atomic mass is 10.2. The summed E-state index contributed by atoms with van der Waals surface area (Å²) in [5, 5.41) is 8.53. The molecule has 1 aliphatic rings. The molecule has 0 atom stereocenters. The number of esters is 1. The van der Waals surface area contributed by atoms with Gasteiger partial charge in [0.2, 0.25) is 0 Å². The predicted octanol–water partition coefficient (Wildman–Crippen LogP) is 1.50. The second kappa shape index (κ2) is 6.97. The molecular formula is C15H18ClN5O2. The average molecular weight is 336 g/mol. The van der Waals surface area contributed by atoms with Gasteiger partial charge in [0.05, 0.1) is 20.0 Å². The Morgan fingerprint density at radius 2 is 2.09 bits per heavy atom. The number of methoxy groups -OCH3 is 1.